The van der Waals surface area contributed by atoms with Gasteiger partial charge < -0.3 is 14.5 Å². The molecule has 9 aromatic rings. The van der Waals surface area contributed by atoms with E-state index in [0.29, 0.717) is 0 Å². The molecule has 0 saturated carbocycles. The largest absolute Gasteiger partial charge is 0.493 e. The van der Waals surface area contributed by atoms with Crippen molar-refractivity contribution in [1.82, 2.24) is 0 Å². The molecule has 0 atom stereocenters. The highest BCUT2D eigenvalue weighted by Crippen LogP contribution is 2.45. The molecule has 0 bridgehead atoms. The maximum atomic E-state index is 6.47. The summed E-state index contributed by atoms with van der Waals surface area (Å²) < 4.78 is 6.47. The topological polar surface area (TPSA) is 15.7 Å². The summed E-state index contributed by atoms with van der Waals surface area (Å²) in [5.41, 5.74) is 16.8. The summed E-state index contributed by atoms with van der Waals surface area (Å²) in [6, 6.07) is 69.8. The van der Waals surface area contributed by atoms with Gasteiger partial charge in [0.1, 0.15) is 5.75 Å². The highest BCUT2D eigenvalue weighted by Gasteiger charge is 2.20. The third-order valence-corrected chi connectivity index (χ3v) is 16.8. The van der Waals surface area contributed by atoms with E-state index in [2.05, 4.69) is 260 Å². The molecule has 0 aliphatic carbocycles. The quantitative estimate of drug-likeness (QED) is 0.0708. The van der Waals surface area contributed by atoms with E-state index in [-0.39, 0.29) is 10.8 Å². The molecule has 75 heavy (non-hydrogen) atoms. The van der Waals surface area contributed by atoms with E-state index in [9.17, 15) is 0 Å². The van der Waals surface area contributed by atoms with Crippen LogP contribution in [0.5, 0.6) is 5.75 Å². The van der Waals surface area contributed by atoms with E-state index in [1.165, 1.54) is 109 Å². The number of unbranched alkanes of at least 4 members (excludes halogenated alkanes) is 7. The maximum absolute atomic E-state index is 6.47. The Balaban J connectivity index is 0.924. The van der Waals surface area contributed by atoms with Crippen molar-refractivity contribution in [2.24, 2.45) is 0 Å². The number of nitrogens with zero attached hydrogens (tertiary/aromatic N) is 2. The standard InChI is InChI=1S/C70H76N2OS2/c1-10-11-12-13-14-15-16-17-48-73-64-49-51(3)20-43-63(64)66-45-47-68(75-66)67-46-44-65(74-67)54-25-37-60(38-26-54)72(62-41-29-56(30-42-62)70(7,8)9)59-35-23-53(24-36-59)52-21-33-58(34-22-52)71(57-31-18-50(2)19-32-57)61-39-27-55(28-40-61)69(4,5)6/h18-47,49H,10-17,48H2,1-9H3. The predicted octanol–water partition coefficient (Wildman–Crippen LogP) is 22.1. The molecule has 0 unspecified atom stereocenters. The van der Waals surface area contributed by atoms with Crippen LogP contribution in [-0.2, 0) is 10.8 Å². The van der Waals surface area contributed by atoms with Crippen LogP contribution in [0.3, 0.4) is 0 Å². The number of ether oxygens (including phenoxy) is 1. The van der Waals surface area contributed by atoms with Crippen molar-refractivity contribution in [3.8, 4) is 47.5 Å². The monoisotopic (exact) mass is 1020 g/mol. The molecule has 0 fully saturated rings. The fourth-order valence-corrected chi connectivity index (χ4v) is 11.9. The van der Waals surface area contributed by atoms with E-state index >= 15 is 0 Å². The van der Waals surface area contributed by atoms with Crippen molar-refractivity contribution >= 4 is 56.8 Å². The predicted molar refractivity (Wildman–Crippen MR) is 328 cm³/mol. The molecule has 0 aliphatic heterocycles. The minimum absolute atomic E-state index is 0.0605. The molecule has 384 valence electrons. The SMILES string of the molecule is CCCCCCCCCCOc1cc(C)ccc1-c1ccc(-c2ccc(-c3ccc(N(c4ccc(-c5ccc(N(c6ccc(C)cc6)c6ccc(C(C)(C)C)cc6)cc5)cc4)c4ccc(C(C)(C)C)cc4)cc3)s2)s1. The Morgan fingerprint density at radius 2 is 0.720 bits per heavy atom. The van der Waals surface area contributed by atoms with Gasteiger partial charge in [-0.1, -0.05) is 178 Å². The summed E-state index contributed by atoms with van der Waals surface area (Å²) in [7, 11) is 0. The molecule has 2 heterocycles. The number of anilines is 6. The zero-order valence-corrected chi connectivity index (χ0v) is 47.5. The molecule has 5 heteroatoms. The van der Waals surface area contributed by atoms with Crippen molar-refractivity contribution in [3.05, 3.63) is 210 Å². The molecule has 2 aromatic heterocycles. The van der Waals surface area contributed by atoms with Crippen LogP contribution in [0.25, 0.3) is 41.8 Å². The van der Waals surface area contributed by atoms with Gasteiger partial charge >= 0.3 is 0 Å². The molecule has 0 N–H and O–H groups in total. The molecule has 0 radical (unpaired) electrons. The zero-order chi connectivity index (χ0) is 52.5. The van der Waals surface area contributed by atoms with Gasteiger partial charge in [-0.25, -0.2) is 0 Å². The lowest BCUT2D eigenvalue weighted by Crippen LogP contribution is -2.13. The van der Waals surface area contributed by atoms with Crippen molar-refractivity contribution in [2.75, 3.05) is 16.4 Å². The van der Waals surface area contributed by atoms with Crippen molar-refractivity contribution in [2.45, 2.75) is 125 Å². The van der Waals surface area contributed by atoms with Crippen LogP contribution >= 0.6 is 22.7 Å². The number of aryl methyl sites for hydroxylation is 2. The van der Waals surface area contributed by atoms with Crippen LogP contribution < -0.4 is 14.5 Å². The third-order valence-electron chi connectivity index (χ3n) is 14.4. The lowest BCUT2D eigenvalue weighted by molar-refractivity contribution is 0.305. The molecule has 0 aliphatic rings. The Kier molecular flexibility index (Phi) is 17.0. The van der Waals surface area contributed by atoms with E-state index < -0.39 is 0 Å². The summed E-state index contributed by atoms with van der Waals surface area (Å²) in [5.74, 6) is 0.999. The van der Waals surface area contributed by atoms with Gasteiger partial charge in [-0.05, 0) is 174 Å². The van der Waals surface area contributed by atoms with Crippen LogP contribution in [0.2, 0.25) is 0 Å². The van der Waals surface area contributed by atoms with Gasteiger partial charge in [0.25, 0.3) is 0 Å². The Hall–Kier alpha value is -6.66. The highest BCUT2D eigenvalue weighted by molar-refractivity contribution is 7.25. The molecular weight excluding hydrogens is 949 g/mol. The first-order valence-corrected chi connectivity index (χ1v) is 29.0. The van der Waals surface area contributed by atoms with Crippen LogP contribution in [-0.4, -0.2) is 6.61 Å². The van der Waals surface area contributed by atoms with Crippen molar-refractivity contribution in [3.63, 3.8) is 0 Å². The van der Waals surface area contributed by atoms with Gasteiger partial charge in [0.15, 0.2) is 0 Å². The zero-order valence-electron chi connectivity index (χ0n) is 45.9. The molecule has 0 spiro atoms. The Labute approximate surface area is 457 Å². The summed E-state index contributed by atoms with van der Waals surface area (Å²) in [6.07, 6.45) is 10.4. The average molecular weight is 1030 g/mol. The molecule has 9 rings (SSSR count). The minimum Gasteiger partial charge on any atom is -0.493 e. The van der Waals surface area contributed by atoms with Gasteiger partial charge in [0.05, 0.1) is 6.61 Å². The number of thiophene rings is 2. The van der Waals surface area contributed by atoms with Gasteiger partial charge in [0, 0.05) is 59.2 Å². The van der Waals surface area contributed by atoms with E-state index in [4.69, 9.17) is 4.74 Å². The van der Waals surface area contributed by atoms with Gasteiger partial charge in [-0.15, -0.1) is 22.7 Å². The Morgan fingerprint density at radius 3 is 1.17 bits per heavy atom. The highest BCUT2D eigenvalue weighted by atomic mass is 32.1. The van der Waals surface area contributed by atoms with Crippen LogP contribution in [0, 0.1) is 13.8 Å². The average Bonchev–Trinajstić information content (AvgIpc) is 4.12. The Morgan fingerprint density at radius 1 is 0.360 bits per heavy atom. The molecular formula is C70H76N2OS2. The lowest BCUT2D eigenvalue weighted by Gasteiger charge is -2.27. The summed E-state index contributed by atoms with van der Waals surface area (Å²) >= 11 is 3.71. The van der Waals surface area contributed by atoms with Crippen molar-refractivity contribution in [1.29, 1.82) is 0 Å². The first-order valence-electron chi connectivity index (χ1n) is 27.3. The van der Waals surface area contributed by atoms with E-state index in [1.807, 2.05) is 22.7 Å². The van der Waals surface area contributed by atoms with Crippen LogP contribution in [0.1, 0.15) is 122 Å². The van der Waals surface area contributed by atoms with Gasteiger partial charge in [-0.3, -0.25) is 0 Å². The fraction of sp³-hybridized carbons (Fsp3) is 0.286. The van der Waals surface area contributed by atoms with E-state index in [1.54, 1.807) is 0 Å². The van der Waals surface area contributed by atoms with Crippen molar-refractivity contribution < 1.29 is 4.74 Å². The summed E-state index contributed by atoms with van der Waals surface area (Å²) in [5, 5.41) is 0. The second kappa shape index (κ2) is 23.9. The first-order chi connectivity index (χ1) is 36.2. The number of hydrogen-bond acceptors (Lipinski definition) is 5. The molecule has 7 aromatic carbocycles. The normalized spacial score (nSPS) is 11.7. The van der Waals surface area contributed by atoms with Gasteiger partial charge in [-0.2, -0.15) is 0 Å². The van der Waals surface area contributed by atoms with Crippen LogP contribution in [0.15, 0.2) is 188 Å². The number of hydrogen-bond donors (Lipinski definition) is 0. The number of rotatable bonds is 20. The molecule has 3 nitrogen and oxygen atoms in total. The fourth-order valence-electron chi connectivity index (χ4n) is 9.80. The second-order valence-corrected chi connectivity index (χ2v) is 24.6. The second-order valence-electron chi connectivity index (χ2n) is 22.4. The first kappa shape index (κ1) is 53.2. The molecule has 0 saturated heterocycles. The summed E-state index contributed by atoms with van der Waals surface area (Å²) in [4.78, 5) is 9.79. The maximum Gasteiger partial charge on any atom is 0.128 e. The third kappa shape index (κ3) is 13.2. The Bertz CT molecular complexity index is 3220. The minimum atomic E-state index is 0.0605. The summed E-state index contributed by atoms with van der Waals surface area (Å²) in [6.45, 7) is 21.0. The van der Waals surface area contributed by atoms with E-state index in [0.717, 1.165) is 52.9 Å². The van der Waals surface area contributed by atoms with Gasteiger partial charge in [0.2, 0.25) is 0 Å². The lowest BCUT2D eigenvalue weighted by atomic mass is 9.87. The number of benzene rings is 7. The van der Waals surface area contributed by atoms with Crippen LogP contribution in [0.4, 0.5) is 34.1 Å². The smallest absolute Gasteiger partial charge is 0.128 e. The molecule has 0 amide bonds.